The van der Waals surface area contributed by atoms with E-state index in [4.69, 9.17) is 29.2 Å². The molecule has 0 aromatic heterocycles. The fourth-order valence-electron chi connectivity index (χ4n) is 6.30. The van der Waals surface area contributed by atoms with Crippen molar-refractivity contribution in [2.75, 3.05) is 65.9 Å². The molecule has 0 radical (unpaired) electrons. The monoisotopic (exact) mass is 859 g/mol. The third kappa shape index (κ3) is 40.0. The first kappa shape index (κ1) is 56.5. The van der Waals surface area contributed by atoms with Crippen molar-refractivity contribution in [3.05, 3.63) is 0 Å². The van der Waals surface area contributed by atoms with Gasteiger partial charge < -0.3 is 44.9 Å². The highest BCUT2D eigenvalue weighted by Crippen LogP contribution is 2.18. The first-order chi connectivity index (χ1) is 28.9. The Morgan fingerprint density at radius 2 is 0.900 bits per heavy atom. The Hall–Kier alpha value is -3.47. The molecule has 0 spiro atoms. The van der Waals surface area contributed by atoms with E-state index in [1.807, 2.05) is 0 Å². The SMILES string of the molecule is C[C@@H](CCCCNC(=O)COCCOCCNC(=O)COCCOCCCC(=O)CC[C@H](CC(=O)CCCCCCCCCCCCCCCCC(=O)O)C(=O)O)C(=O)O. The number of Topliss-reactive ketones (excluding diaryl/α,β-unsaturated/α-hetero) is 2. The predicted octanol–water partition coefficient (Wildman–Crippen LogP) is 6.29. The molecule has 5 N–H and O–H groups in total. The van der Waals surface area contributed by atoms with Crippen molar-refractivity contribution < 1.29 is 67.8 Å². The summed E-state index contributed by atoms with van der Waals surface area (Å²) in [5, 5.41) is 32.5. The number of ketones is 2. The van der Waals surface area contributed by atoms with Crippen LogP contribution in [0.3, 0.4) is 0 Å². The summed E-state index contributed by atoms with van der Waals surface area (Å²) in [6, 6.07) is 0. The van der Waals surface area contributed by atoms with Gasteiger partial charge in [0.15, 0.2) is 0 Å². The standard InChI is InChI=1S/C44H78N2O14/c1-36(43(53)54)19-16-17-25-45-40(49)34-60-32-30-58-28-26-46-41(50)35-59-31-29-57-27-18-21-38(47)24-23-37(44(55)56)33-39(48)20-14-12-10-8-6-4-2-3-5-7-9-11-13-15-22-42(51)52/h36-37H,2-35H2,1H3,(H,45,49)(H,46,50)(H,51,52)(H,53,54)(H,55,56)/t36-,37+/m0/s1. The van der Waals surface area contributed by atoms with Gasteiger partial charge in [-0.2, -0.15) is 0 Å². The highest BCUT2D eigenvalue weighted by atomic mass is 16.5. The van der Waals surface area contributed by atoms with Crippen LogP contribution in [0.25, 0.3) is 0 Å². The summed E-state index contributed by atoms with van der Waals surface area (Å²) in [6.07, 6.45) is 18.9. The van der Waals surface area contributed by atoms with Gasteiger partial charge in [-0.15, -0.1) is 0 Å². The van der Waals surface area contributed by atoms with Gasteiger partial charge in [0.25, 0.3) is 0 Å². The summed E-state index contributed by atoms with van der Waals surface area (Å²) in [5.74, 6) is -4.51. The molecule has 0 bridgehead atoms. The molecule has 0 aromatic rings. The fraction of sp³-hybridized carbons (Fsp3) is 0.841. The first-order valence-corrected chi connectivity index (χ1v) is 22.5. The minimum Gasteiger partial charge on any atom is -0.481 e. The van der Waals surface area contributed by atoms with Gasteiger partial charge in [0.1, 0.15) is 24.8 Å². The van der Waals surface area contributed by atoms with Crippen LogP contribution in [-0.4, -0.2) is 123 Å². The van der Waals surface area contributed by atoms with E-state index in [-0.39, 0.29) is 108 Å². The number of amides is 2. The van der Waals surface area contributed by atoms with E-state index in [9.17, 15) is 38.7 Å². The van der Waals surface area contributed by atoms with Gasteiger partial charge in [-0.05, 0) is 38.5 Å². The number of hydrogen-bond donors (Lipinski definition) is 5. The number of carbonyl (C=O) groups is 7. The van der Waals surface area contributed by atoms with Crippen LogP contribution in [0.1, 0.15) is 161 Å². The molecule has 16 nitrogen and oxygen atoms in total. The molecular formula is C44H78N2O14. The molecule has 348 valence electrons. The Morgan fingerprint density at radius 3 is 1.42 bits per heavy atom. The first-order valence-electron chi connectivity index (χ1n) is 22.5. The third-order valence-corrected chi connectivity index (χ3v) is 10.0. The highest BCUT2D eigenvalue weighted by Gasteiger charge is 2.22. The summed E-state index contributed by atoms with van der Waals surface area (Å²) in [5.41, 5.74) is 0. The zero-order valence-corrected chi connectivity index (χ0v) is 36.5. The molecule has 0 aliphatic rings. The Labute approximate surface area is 357 Å². The van der Waals surface area contributed by atoms with Gasteiger partial charge in [0.2, 0.25) is 11.8 Å². The number of nitrogens with one attached hydrogen (secondary N) is 2. The van der Waals surface area contributed by atoms with E-state index in [1.54, 1.807) is 6.92 Å². The van der Waals surface area contributed by atoms with Crippen molar-refractivity contribution in [3.8, 4) is 0 Å². The number of carbonyl (C=O) groups excluding carboxylic acids is 4. The van der Waals surface area contributed by atoms with E-state index in [0.29, 0.717) is 45.3 Å². The molecule has 0 rings (SSSR count). The van der Waals surface area contributed by atoms with Crippen LogP contribution in [0.2, 0.25) is 0 Å². The van der Waals surface area contributed by atoms with E-state index in [1.165, 1.54) is 44.9 Å². The second-order valence-electron chi connectivity index (χ2n) is 15.6. The van der Waals surface area contributed by atoms with Gasteiger partial charge in [-0.25, -0.2) is 0 Å². The molecule has 0 unspecified atom stereocenters. The Balaban J connectivity index is 3.65. The molecule has 0 saturated heterocycles. The smallest absolute Gasteiger partial charge is 0.306 e. The highest BCUT2D eigenvalue weighted by molar-refractivity contribution is 5.84. The van der Waals surface area contributed by atoms with Crippen molar-refractivity contribution >= 4 is 41.3 Å². The van der Waals surface area contributed by atoms with Crippen LogP contribution in [0.15, 0.2) is 0 Å². The molecule has 0 aromatic carbocycles. The number of aliphatic carboxylic acids is 3. The number of carboxylic acid groups (broad SMARTS) is 3. The molecule has 0 aliphatic heterocycles. The maximum atomic E-state index is 12.4. The van der Waals surface area contributed by atoms with Gasteiger partial charge in [-0.3, -0.25) is 33.6 Å². The van der Waals surface area contributed by atoms with Crippen molar-refractivity contribution in [3.63, 3.8) is 0 Å². The third-order valence-electron chi connectivity index (χ3n) is 10.0. The van der Waals surface area contributed by atoms with Crippen LogP contribution >= 0.6 is 0 Å². The number of rotatable bonds is 46. The summed E-state index contributed by atoms with van der Waals surface area (Å²) >= 11 is 0. The van der Waals surface area contributed by atoms with Gasteiger partial charge in [0, 0.05) is 51.8 Å². The quantitative estimate of drug-likeness (QED) is 0.0423. The average molecular weight is 859 g/mol. The fourth-order valence-corrected chi connectivity index (χ4v) is 6.30. The molecule has 0 heterocycles. The van der Waals surface area contributed by atoms with Gasteiger partial charge in [0.05, 0.1) is 44.9 Å². The predicted molar refractivity (Wildman–Crippen MR) is 226 cm³/mol. The van der Waals surface area contributed by atoms with Crippen molar-refractivity contribution in [1.29, 1.82) is 0 Å². The second-order valence-corrected chi connectivity index (χ2v) is 15.6. The lowest BCUT2D eigenvalue weighted by molar-refractivity contribution is -0.144. The topological polar surface area (TPSA) is 241 Å². The molecule has 16 heteroatoms. The van der Waals surface area contributed by atoms with Crippen molar-refractivity contribution in [2.45, 2.75) is 161 Å². The number of ether oxygens (including phenoxy) is 4. The summed E-state index contributed by atoms with van der Waals surface area (Å²) in [6.45, 7) is 3.66. The van der Waals surface area contributed by atoms with Crippen LogP contribution in [0.4, 0.5) is 0 Å². The van der Waals surface area contributed by atoms with Crippen molar-refractivity contribution in [2.24, 2.45) is 11.8 Å². The Bertz CT molecular complexity index is 1170. The molecular weight excluding hydrogens is 780 g/mol. The molecule has 2 atom stereocenters. The molecule has 0 fully saturated rings. The number of unbranched alkanes of at least 4 members (excludes halogenated alkanes) is 14. The normalized spacial score (nSPS) is 12.2. The molecule has 0 saturated carbocycles. The lowest BCUT2D eigenvalue weighted by Crippen LogP contribution is -2.31. The Kier molecular flexibility index (Phi) is 38.5. The summed E-state index contributed by atoms with van der Waals surface area (Å²) in [4.78, 5) is 81.4. The van der Waals surface area contributed by atoms with E-state index >= 15 is 0 Å². The van der Waals surface area contributed by atoms with Crippen molar-refractivity contribution in [1.82, 2.24) is 10.6 Å². The lowest BCUT2D eigenvalue weighted by Gasteiger charge is -2.11. The van der Waals surface area contributed by atoms with Crippen LogP contribution < -0.4 is 10.6 Å². The average Bonchev–Trinajstić information content (AvgIpc) is 3.20. The molecule has 2 amide bonds. The maximum absolute atomic E-state index is 12.4. The molecule has 60 heavy (non-hydrogen) atoms. The Morgan fingerprint density at radius 1 is 0.433 bits per heavy atom. The van der Waals surface area contributed by atoms with E-state index in [0.717, 1.165) is 44.9 Å². The molecule has 0 aliphatic carbocycles. The largest absolute Gasteiger partial charge is 0.481 e. The van der Waals surface area contributed by atoms with Crippen LogP contribution in [0.5, 0.6) is 0 Å². The number of hydrogen-bond acceptors (Lipinski definition) is 11. The lowest BCUT2D eigenvalue weighted by atomic mass is 9.93. The zero-order valence-electron chi connectivity index (χ0n) is 36.5. The van der Waals surface area contributed by atoms with Gasteiger partial charge in [-0.1, -0.05) is 90.4 Å². The van der Waals surface area contributed by atoms with E-state index < -0.39 is 29.7 Å². The summed E-state index contributed by atoms with van der Waals surface area (Å²) in [7, 11) is 0. The minimum atomic E-state index is -1.05. The van der Waals surface area contributed by atoms with E-state index in [2.05, 4.69) is 10.6 Å². The van der Waals surface area contributed by atoms with Crippen LogP contribution in [-0.2, 0) is 52.5 Å². The second kappa shape index (κ2) is 40.9. The summed E-state index contributed by atoms with van der Waals surface area (Å²) < 4.78 is 21.4. The van der Waals surface area contributed by atoms with Gasteiger partial charge >= 0.3 is 17.9 Å². The zero-order chi connectivity index (χ0) is 44.5. The number of carboxylic acids is 3. The maximum Gasteiger partial charge on any atom is 0.306 e. The minimum absolute atomic E-state index is 0.0411. The van der Waals surface area contributed by atoms with Crippen LogP contribution in [0, 0.1) is 11.8 Å².